The Morgan fingerprint density at radius 2 is 2.13 bits per heavy atom. The number of ether oxygens (including phenoxy) is 1. The van der Waals surface area contributed by atoms with Gasteiger partial charge in [-0.05, 0) is 0 Å². The predicted molar refractivity (Wildman–Crippen MR) is 43.2 cm³/mol. The third-order valence-electron chi connectivity index (χ3n) is 1.71. The van der Waals surface area contributed by atoms with Crippen LogP contribution in [0.2, 0.25) is 0 Å². The van der Waals surface area contributed by atoms with Crippen LogP contribution < -0.4 is 0 Å². The third-order valence-corrected chi connectivity index (χ3v) is 1.71. The van der Waals surface area contributed by atoms with E-state index in [4.69, 9.17) is 0 Å². The van der Waals surface area contributed by atoms with Gasteiger partial charge in [-0.3, -0.25) is 4.79 Å². The Balaban J connectivity index is 2.99. The molecule has 0 saturated carbocycles. The van der Waals surface area contributed by atoms with Crippen molar-refractivity contribution in [3.8, 4) is 0 Å². The second-order valence-corrected chi connectivity index (χ2v) is 2.72. The average molecular weight is 221 g/mol. The zero-order valence-corrected chi connectivity index (χ0v) is 7.59. The van der Waals surface area contributed by atoms with E-state index < -0.39 is 35.6 Å². The molecule has 0 bridgehead atoms. The molecular formula is C8H6F3NO3. The van der Waals surface area contributed by atoms with Gasteiger partial charge in [-0.25, -0.2) is 9.79 Å². The van der Waals surface area contributed by atoms with Crippen molar-refractivity contribution in [2.24, 2.45) is 4.99 Å². The average Bonchev–Trinajstić information content (AvgIpc) is 2.15. The quantitative estimate of drug-likeness (QED) is 0.621. The van der Waals surface area contributed by atoms with Crippen molar-refractivity contribution in [2.45, 2.75) is 12.6 Å². The molecular weight excluding hydrogens is 215 g/mol. The third kappa shape index (κ3) is 2.42. The van der Waals surface area contributed by atoms with E-state index in [1.807, 2.05) is 0 Å². The van der Waals surface area contributed by atoms with Crippen molar-refractivity contribution in [3.63, 3.8) is 0 Å². The number of nitrogens with zero attached hydrogens (tertiary/aromatic N) is 1. The summed E-state index contributed by atoms with van der Waals surface area (Å²) in [7, 11) is 1.02. The first-order valence-electron chi connectivity index (χ1n) is 3.82. The maximum absolute atomic E-state index is 12.1. The summed E-state index contributed by atoms with van der Waals surface area (Å²) < 4.78 is 40.5. The molecule has 0 N–H and O–H groups in total. The maximum Gasteiger partial charge on any atom is 0.414 e. The molecule has 0 aromatic rings. The molecule has 0 unspecified atom stereocenters. The van der Waals surface area contributed by atoms with E-state index in [-0.39, 0.29) is 0 Å². The number of hydrogen-bond donors (Lipinski definition) is 0. The summed E-state index contributed by atoms with van der Waals surface area (Å²) in [5.74, 6) is -2.02. The van der Waals surface area contributed by atoms with Crippen LogP contribution in [0.15, 0.2) is 16.8 Å². The highest BCUT2D eigenvalue weighted by atomic mass is 19.4. The lowest BCUT2D eigenvalue weighted by Crippen LogP contribution is -2.30. The standard InChI is InChI=1S/C8H6F3NO3/c1-15-7(14)6-5(13)2-4(3-12-6)8(9,10)11/h3H,2H2,1H3. The van der Waals surface area contributed by atoms with Gasteiger partial charge in [-0.1, -0.05) is 0 Å². The second-order valence-electron chi connectivity index (χ2n) is 2.72. The predicted octanol–water partition coefficient (Wildman–Crippen LogP) is 1.02. The van der Waals surface area contributed by atoms with E-state index in [0.717, 1.165) is 7.11 Å². The van der Waals surface area contributed by atoms with Crippen LogP contribution in [0.4, 0.5) is 13.2 Å². The van der Waals surface area contributed by atoms with Gasteiger partial charge in [0, 0.05) is 12.6 Å². The lowest BCUT2D eigenvalue weighted by atomic mass is 10.0. The Morgan fingerprint density at radius 1 is 1.53 bits per heavy atom. The SMILES string of the molecule is COC(=O)C1=NC=C(C(F)(F)F)CC1=O. The zero-order chi connectivity index (χ0) is 11.6. The molecule has 1 heterocycles. The van der Waals surface area contributed by atoms with E-state index in [1.165, 1.54) is 0 Å². The molecule has 4 nitrogen and oxygen atoms in total. The van der Waals surface area contributed by atoms with Gasteiger partial charge in [0.25, 0.3) is 0 Å². The topological polar surface area (TPSA) is 55.7 Å². The smallest absolute Gasteiger partial charge is 0.414 e. The molecule has 0 spiro atoms. The van der Waals surface area contributed by atoms with E-state index in [9.17, 15) is 22.8 Å². The fraction of sp³-hybridized carbons (Fsp3) is 0.375. The molecule has 1 aliphatic rings. The van der Waals surface area contributed by atoms with Crippen LogP contribution in [0.25, 0.3) is 0 Å². The lowest BCUT2D eigenvalue weighted by molar-refractivity contribution is -0.134. The van der Waals surface area contributed by atoms with Gasteiger partial charge in [0.15, 0.2) is 11.5 Å². The highest BCUT2D eigenvalue weighted by molar-refractivity contribution is 6.65. The number of alkyl halides is 3. The van der Waals surface area contributed by atoms with Gasteiger partial charge in [0.05, 0.1) is 12.7 Å². The molecule has 0 atom stereocenters. The summed E-state index contributed by atoms with van der Waals surface area (Å²) in [4.78, 5) is 25.1. The van der Waals surface area contributed by atoms with Gasteiger partial charge in [0.1, 0.15) is 0 Å². The van der Waals surface area contributed by atoms with Crippen molar-refractivity contribution in [1.82, 2.24) is 0 Å². The Bertz CT molecular complexity index is 368. The summed E-state index contributed by atoms with van der Waals surface area (Å²) in [6.07, 6.45) is -5.01. The number of carbonyl (C=O) groups is 2. The van der Waals surface area contributed by atoms with Gasteiger partial charge < -0.3 is 4.74 Å². The van der Waals surface area contributed by atoms with Gasteiger partial charge >= 0.3 is 12.1 Å². The minimum absolute atomic E-state index is 0.466. The second kappa shape index (κ2) is 3.84. The number of ketones is 1. The zero-order valence-electron chi connectivity index (χ0n) is 7.59. The van der Waals surface area contributed by atoms with E-state index in [1.54, 1.807) is 0 Å². The van der Waals surface area contributed by atoms with Crippen LogP contribution in [0.5, 0.6) is 0 Å². The van der Waals surface area contributed by atoms with Crippen LogP contribution >= 0.6 is 0 Å². The normalized spacial score (nSPS) is 16.9. The van der Waals surface area contributed by atoms with Crippen LogP contribution in [-0.4, -0.2) is 30.8 Å². The number of halogens is 3. The van der Waals surface area contributed by atoms with Crippen LogP contribution in [0.1, 0.15) is 6.42 Å². The largest absolute Gasteiger partial charge is 0.464 e. The highest BCUT2D eigenvalue weighted by Gasteiger charge is 2.38. The van der Waals surface area contributed by atoms with Crippen molar-refractivity contribution < 1.29 is 27.5 Å². The molecule has 1 rings (SSSR count). The molecule has 7 heteroatoms. The number of esters is 1. The summed E-state index contributed by atoms with van der Waals surface area (Å²) >= 11 is 0. The van der Waals surface area contributed by atoms with E-state index in [0.29, 0.717) is 6.20 Å². The first kappa shape index (κ1) is 11.4. The molecule has 0 amide bonds. The summed E-state index contributed by atoms with van der Waals surface area (Å²) in [6.45, 7) is 0. The van der Waals surface area contributed by atoms with Crippen molar-refractivity contribution in [2.75, 3.05) is 7.11 Å². The summed E-state index contributed by atoms with van der Waals surface area (Å²) in [5, 5.41) is 0. The monoisotopic (exact) mass is 221 g/mol. The Morgan fingerprint density at radius 3 is 2.53 bits per heavy atom. The number of allylic oxidation sites excluding steroid dienone is 1. The molecule has 82 valence electrons. The Hall–Kier alpha value is -1.66. The fourth-order valence-corrected chi connectivity index (χ4v) is 0.953. The number of aliphatic imine (C=N–C) groups is 1. The molecule has 15 heavy (non-hydrogen) atoms. The molecule has 1 aliphatic heterocycles. The van der Waals surface area contributed by atoms with Crippen LogP contribution in [-0.2, 0) is 14.3 Å². The number of rotatable bonds is 1. The van der Waals surface area contributed by atoms with Crippen LogP contribution in [0.3, 0.4) is 0 Å². The highest BCUT2D eigenvalue weighted by Crippen LogP contribution is 2.30. The van der Waals surface area contributed by atoms with E-state index >= 15 is 0 Å². The van der Waals surface area contributed by atoms with Crippen LogP contribution in [0, 0.1) is 0 Å². The Labute approximate surface area is 82.4 Å². The number of Topliss-reactive ketones (excluding diaryl/α,β-unsaturated/α-hetero) is 1. The number of hydrogen-bond acceptors (Lipinski definition) is 4. The summed E-state index contributed by atoms with van der Waals surface area (Å²) in [6, 6.07) is 0. The molecule has 0 fully saturated rings. The minimum atomic E-state index is -4.60. The van der Waals surface area contributed by atoms with Crippen molar-refractivity contribution in [3.05, 3.63) is 11.8 Å². The van der Waals surface area contributed by atoms with Crippen molar-refractivity contribution in [1.29, 1.82) is 0 Å². The summed E-state index contributed by atoms with van der Waals surface area (Å²) in [5.41, 5.74) is -1.68. The number of methoxy groups -OCH3 is 1. The minimum Gasteiger partial charge on any atom is -0.464 e. The van der Waals surface area contributed by atoms with E-state index in [2.05, 4.69) is 9.73 Å². The molecule has 0 saturated heterocycles. The lowest BCUT2D eigenvalue weighted by Gasteiger charge is -2.13. The van der Waals surface area contributed by atoms with Gasteiger partial charge in [-0.15, -0.1) is 0 Å². The molecule has 0 aromatic heterocycles. The Kier molecular flexibility index (Phi) is 2.92. The van der Waals surface area contributed by atoms with Gasteiger partial charge in [0.2, 0.25) is 0 Å². The maximum atomic E-state index is 12.1. The molecule has 0 radical (unpaired) electrons. The fourth-order valence-electron chi connectivity index (χ4n) is 0.953. The molecule has 0 aliphatic carbocycles. The first-order valence-corrected chi connectivity index (χ1v) is 3.82. The first-order chi connectivity index (χ1) is 6.86. The number of carbonyl (C=O) groups excluding carboxylic acids is 2. The van der Waals surface area contributed by atoms with Gasteiger partial charge in [-0.2, -0.15) is 13.2 Å². The molecule has 0 aromatic carbocycles. The van der Waals surface area contributed by atoms with Crippen molar-refractivity contribution >= 4 is 17.5 Å².